The number of anilines is 1. The maximum atomic E-state index is 12.4. The smallest absolute Gasteiger partial charge is 0.325 e. The van der Waals surface area contributed by atoms with Gasteiger partial charge in [0.25, 0.3) is 11.8 Å². The van der Waals surface area contributed by atoms with Gasteiger partial charge >= 0.3 is 13.6 Å². The fraction of sp³-hybridized carbons (Fsp3) is 0.689. The van der Waals surface area contributed by atoms with Crippen LogP contribution in [0.4, 0.5) is 10.5 Å². The normalized spacial score (nSPS) is 19.1. The van der Waals surface area contributed by atoms with Crippen molar-refractivity contribution in [1.29, 1.82) is 5.53 Å². The minimum Gasteiger partial charge on any atom is -0.462 e. The van der Waals surface area contributed by atoms with E-state index in [-0.39, 0.29) is 56.0 Å². The van der Waals surface area contributed by atoms with E-state index in [0.717, 1.165) is 4.90 Å². The van der Waals surface area contributed by atoms with Crippen molar-refractivity contribution < 1.29 is 96.2 Å². The van der Waals surface area contributed by atoms with E-state index in [1.807, 2.05) is 0 Å². The van der Waals surface area contributed by atoms with Crippen LogP contribution in [-0.2, 0) is 61.6 Å². The SMILES string of the molecule is N=N/C(=C\NCCOCCOCCOCCOCCOCCOCCOCCOCCC(=O)NCCN1C(=O)C=CC1=O)CCCCNC(=O)Nc1ccc(O[C@H]2O[C@H](CCP(=O)(O)O)[C@@H](O)[C@H](O)[C@@H]2O)cc1. The Hall–Kier alpha value is -4.55. The first kappa shape index (κ1) is 62.7. The molecule has 10 N–H and O–H groups in total. The lowest BCUT2D eigenvalue weighted by Gasteiger charge is -2.40. The van der Waals surface area contributed by atoms with Crippen LogP contribution < -0.4 is 26.0 Å². The number of nitrogens with zero attached hydrogens (tertiary/aromatic N) is 2. The summed E-state index contributed by atoms with van der Waals surface area (Å²) < 4.78 is 66.1. The number of imide groups is 1. The quantitative estimate of drug-likeness (QED) is 0.0175. The number of aliphatic hydroxyl groups is 3. The highest BCUT2D eigenvalue weighted by Crippen LogP contribution is 2.37. The second-order valence-electron chi connectivity index (χ2n) is 16.0. The number of urea groups is 1. The van der Waals surface area contributed by atoms with Gasteiger partial charge in [0.15, 0.2) is 0 Å². The molecule has 0 aliphatic carbocycles. The van der Waals surface area contributed by atoms with E-state index in [4.69, 9.17) is 62.7 Å². The molecule has 1 aromatic carbocycles. The monoisotopic (exact) mass is 1060 g/mol. The largest absolute Gasteiger partial charge is 0.462 e. The molecule has 1 aromatic rings. The second kappa shape index (κ2) is 38.1. The first-order valence-electron chi connectivity index (χ1n) is 24.0. The Morgan fingerprint density at radius 1 is 0.671 bits per heavy atom. The maximum Gasteiger partial charge on any atom is 0.325 e. The Kier molecular flexibility index (Phi) is 32.7. The van der Waals surface area contributed by atoms with Crippen LogP contribution in [0, 0.1) is 5.53 Å². The number of allylic oxidation sites excluding steroid dienone is 1. The van der Waals surface area contributed by atoms with Gasteiger partial charge in [-0.25, -0.2) is 10.3 Å². The number of carbonyl (C=O) groups excluding carboxylic acids is 4. The Balaban J connectivity index is 1.02. The van der Waals surface area contributed by atoms with Crippen LogP contribution in [0.5, 0.6) is 5.75 Å². The highest BCUT2D eigenvalue weighted by molar-refractivity contribution is 7.51. The van der Waals surface area contributed by atoms with Crippen molar-refractivity contribution in [3.05, 3.63) is 48.3 Å². The summed E-state index contributed by atoms with van der Waals surface area (Å²) in [6.07, 6.45) is -2.30. The highest BCUT2D eigenvalue weighted by Gasteiger charge is 2.45. The van der Waals surface area contributed by atoms with Gasteiger partial charge in [0.1, 0.15) is 24.1 Å². The van der Waals surface area contributed by atoms with E-state index in [1.165, 1.54) is 36.4 Å². The lowest BCUT2D eigenvalue weighted by atomic mass is 9.97. The molecule has 73 heavy (non-hydrogen) atoms. The number of hydrogen-bond acceptors (Lipinski definition) is 21. The number of nitrogens with one attached hydrogen (secondary N) is 5. The van der Waals surface area contributed by atoms with Crippen molar-refractivity contribution in [3.63, 3.8) is 0 Å². The lowest BCUT2D eigenvalue weighted by molar-refractivity contribution is -0.272. The topological polar surface area (TPSA) is 366 Å². The number of hydrogen-bond donors (Lipinski definition) is 10. The molecule has 2 aliphatic rings. The number of benzene rings is 1. The Morgan fingerprint density at radius 2 is 1.19 bits per heavy atom. The molecule has 1 fully saturated rings. The molecule has 28 heteroatoms. The molecule has 5 atom stereocenters. The number of ether oxygens (including phenoxy) is 10. The van der Waals surface area contributed by atoms with Crippen molar-refractivity contribution in [3.8, 4) is 5.75 Å². The Labute approximate surface area is 424 Å². The summed E-state index contributed by atoms with van der Waals surface area (Å²) in [4.78, 5) is 66.5. The van der Waals surface area contributed by atoms with Gasteiger partial charge in [0, 0.05) is 56.6 Å². The van der Waals surface area contributed by atoms with Gasteiger partial charge in [-0.3, -0.25) is 23.8 Å². The molecule has 3 rings (SSSR count). The summed E-state index contributed by atoms with van der Waals surface area (Å²) >= 11 is 0. The molecule has 414 valence electrons. The van der Waals surface area contributed by atoms with Crippen LogP contribution in [0.3, 0.4) is 0 Å². The van der Waals surface area contributed by atoms with Gasteiger partial charge in [-0.2, -0.15) is 5.11 Å². The van der Waals surface area contributed by atoms with E-state index in [0.29, 0.717) is 143 Å². The van der Waals surface area contributed by atoms with Gasteiger partial charge in [-0.05, 0) is 49.9 Å². The second-order valence-corrected chi connectivity index (χ2v) is 17.8. The van der Waals surface area contributed by atoms with Gasteiger partial charge in [-0.15, -0.1) is 0 Å². The van der Waals surface area contributed by atoms with Crippen LogP contribution in [0.15, 0.2) is 53.4 Å². The van der Waals surface area contributed by atoms with E-state index < -0.39 is 50.5 Å². The third kappa shape index (κ3) is 29.2. The van der Waals surface area contributed by atoms with E-state index in [9.17, 15) is 39.1 Å². The highest BCUT2D eigenvalue weighted by atomic mass is 31.2. The molecule has 1 saturated heterocycles. The van der Waals surface area contributed by atoms with Crippen molar-refractivity contribution in [2.75, 3.05) is 143 Å². The van der Waals surface area contributed by atoms with Crippen molar-refractivity contribution in [2.24, 2.45) is 5.11 Å². The maximum absolute atomic E-state index is 12.4. The summed E-state index contributed by atoms with van der Waals surface area (Å²) in [5.41, 5.74) is 8.42. The molecule has 0 aromatic heterocycles. The number of rotatable bonds is 43. The minimum atomic E-state index is -4.39. The number of carbonyl (C=O) groups is 4. The fourth-order valence-corrected chi connectivity index (χ4v) is 7.03. The molecule has 0 saturated carbocycles. The van der Waals surface area contributed by atoms with Crippen LogP contribution in [0.25, 0.3) is 0 Å². The van der Waals surface area contributed by atoms with Crippen molar-refractivity contribution >= 4 is 37.0 Å². The zero-order chi connectivity index (χ0) is 52.9. The van der Waals surface area contributed by atoms with Gasteiger partial charge in [0.2, 0.25) is 12.2 Å². The minimum absolute atomic E-state index is 0.126. The van der Waals surface area contributed by atoms with Gasteiger partial charge in [-0.1, -0.05) is 0 Å². The lowest BCUT2D eigenvalue weighted by Crippen LogP contribution is -2.59. The zero-order valence-electron chi connectivity index (χ0n) is 41.0. The van der Waals surface area contributed by atoms with Crippen LogP contribution in [0.1, 0.15) is 32.1 Å². The van der Waals surface area contributed by atoms with Gasteiger partial charge in [0.05, 0.1) is 124 Å². The Morgan fingerprint density at radius 3 is 1.71 bits per heavy atom. The first-order valence-corrected chi connectivity index (χ1v) is 25.8. The first-order chi connectivity index (χ1) is 35.3. The summed E-state index contributed by atoms with van der Waals surface area (Å²) in [6, 6.07) is 5.59. The van der Waals surface area contributed by atoms with Gasteiger partial charge < -0.3 is 93.7 Å². The molecule has 0 unspecified atom stereocenters. The number of unbranched alkanes of at least 4 members (excludes halogenated alkanes) is 1. The average Bonchev–Trinajstić information content (AvgIpc) is 3.69. The Bertz CT molecular complexity index is 1830. The van der Waals surface area contributed by atoms with Crippen molar-refractivity contribution in [1.82, 2.24) is 20.9 Å². The average molecular weight is 1060 g/mol. The molecule has 0 radical (unpaired) electrons. The molecular weight excluding hydrogens is 989 g/mol. The van der Waals surface area contributed by atoms with E-state index in [2.05, 4.69) is 26.4 Å². The zero-order valence-corrected chi connectivity index (χ0v) is 41.9. The number of aliphatic hydroxyl groups excluding tert-OH is 3. The van der Waals surface area contributed by atoms with E-state index in [1.54, 1.807) is 6.20 Å². The molecular formula is C45H74N7O20P. The third-order valence-electron chi connectivity index (χ3n) is 10.3. The molecule has 5 amide bonds. The molecule has 27 nitrogen and oxygen atoms in total. The predicted octanol–water partition coefficient (Wildman–Crippen LogP) is -0.241. The standard InChI is InChI=1S/C45H74N7O20P/c46-51-35(3-1-2-12-49-45(59)50-34-4-6-36(7-5-34)71-44-43(58)42(57)41(56)37(72-44)11-32-73(60,61)62)33-47-14-17-64-19-21-66-23-25-68-27-29-70-31-30-69-28-26-67-24-22-65-20-18-63-16-10-38(53)48-13-15-52-39(54)8-9-40(52)55/h4-9,33,37,41-44,46-47,56-58H,1-3,10-32H2,(H,48,53)(H2,49,50,59)(H2,60,61,62)/b35-33-,51-46?/t37-,41-,42+,43+,44+/m1/s1. The summed E-state index contributed by atoms with van der Waals surface area (Å²) in [5, 5.41) is 45.4. The number of amides is 5. The van der Waals surface area contributed by atoms with Crippen LogP contribution in [0.2, 0.25) is 0 Å². The molecule has 0 bridgehead atoms. The molecule has 0 spiro atoms. The molecule has 2 heterocycles. The molecule has 2 aliphatic heterocycles. The third-order valence-corrected chi connectivity index (χ3v) is 11.2. The fourth-order valence-electron chi connectivity index (χ4n) is 6.44. The van der Waals surface area contributed by atoms with Crippen LogP contribution >= 0.6 is 7.60 Å². The summed E-state index contributed by atoms with van der Waals surface area (Å²) in [5.74, 6) is -0.792. The summed E-state index contributed by atoms with van der Waals surface area (Å²) in [6.45, 7) is 7.59. The van der Waals surface area contributed by atoms with E-state index >= 15 is 0 Å². The van der Waals surface area contributed by atoms with Crippen LogP contribution in [-0.4, -0.2) is 223 Å². The predicted molar refractivity (Wildman–Crippen MR) is 257 cm³/mol. The summed E-state index contributed by atoms with van der Waals surface area (Å²) in [7, 11) is -4.39. The van der Waals surface area contributed by atoms with Crippen molar-refractivity contribution in [2.45, 2.75) is 62.8 Å².